The average Bonchev–Trinajstić information content (AvgIpc) is 2.87. The molecule has 0 atom stereocenters. The van der Waals surface area contributed by atoms with Gasteiger partial charge in [0.25, 0.3) is 11.8 Å². The molecule has 2 aromatic carbocycles. The number of urea groups is 1. The molecule has 0 saturated heterocycles. The molecule has 1 aliphatic heterocycles. The molecule has 6 nitrogen and oxygen atoms in total. The highest BCUT2D eigenvalue weighted by molar-refractivity contribution is 6.31. The summed E-state index contributed by atoms with van der Waals surface area (Å²) in [6, 6.07) is 11.6. The molecule has 0 unspecified atom stereocenters. The van der Waals surface area contributed by atoms with E-state index in [4.69, 9.17) is 11.6 Å². The van der Waals surface area contributed by atoms with E-state index in [2.05, 4.69) is 10.6 Å². The number of halogens is 1. The summed E-state index contributed by atoms with van der Waals surface area (Å²) >= 11 is 6.09. The van der Waals surface area contributed by atoms with Crippen molar-refractivity contribution in [1.82, 2.24) is 10.2 Å². The lowest BCUT2D eigenvalue weighted by atomic mass is 10.1. The number of hydrogen-bond acceptors (Lipinski definition) is 3. The van der Waals surface area contributed by atoms with Crippen LogP contribution in [0, 0.1) is 0 Å². The molecule has 2 N–H and O–H groups in total. The van der Waals surface area contributed by atoms with Gasteiger partial charge < -0.3 is 10.6 Å². The number of rotatable bonds is 5. The van der Waals surface area contributed by atoms with Gasteiger partial charge in [0.05, 0.1) is 11.1 Å². The Kier molecular flexibility index (Phi) is 5.46. The number of benzene rings is 2. The van der Waals surface area contributed by atoms with Crippen LogP contribution in [0.4, 0.5) is 10.5 Å². The molecule has 4 amide bonds. The first-order chi connectivity index (χ1) is 12.9. The van der Waals surface area contributed by atoms with E-state index in [1.807, 2.05) is 18.2 Å². The molecule has 0 aromatic heterocycles. The van der Waals surface area contributed by atoms with Crippen LogP contribution >= 0.6 is 11.6 Å². The molecule has 7 heteroatoms. The van der Waals surface area contributed by atoms with Crippen molar-refractivity contribution >= 4 is 35.1 Å². The maximum Gasteiger partial charge on any atom is 0.319 e. The summed E-state index contributed by atoms with van der Waals surface area (Å²) in [4.78, 5) is 38.0. The first kappa shape index (κ1) is 18.9. The van der Waals surface area contributed by atoms with Crippen LogP contribution in [-0.2, 0) is 6.42 Å². The molecular weight excluding hydrogens is 366 g/mol. The largest absolute Gasteiger partial charge is 0.338 e. The fraction of sp³-hybridized carbons (Fsp3) is 0.250. The Bertz CT molecular complexity index is 911. The zero-order valence-corrected chi connectivity index (χ0v) is 15.8. The summed E-state index contributed by atoms with van der Waals surface area (Å²) in [7, 11) is 0. The van der Waals surface area contributed by atoms with E-state index in [0.717, 1.165) is 5.56 Å². The fourth-order valence-corrected chi connectivity index (χ4v) is 3.22. The molecular formula is C20H20ClN3O3. The van der Waals surface area contributed by atoms with Crippen LogP contribution in [0.25, 0.3) is 0 Å². The lowest BCUT2D eigenvalue weighted by Gasteiger charge is -2.17. The van der Waals surface area contributed by atoms with E-state index in [0.29, 0.717) is 34.8 Å². The lowest BCUT2D eigenvalue weighted by molar-refractivity contribution is 0.0609. The molecule has 140 valence electrons. The van der Waals surface area contributed by atoms with Gasteiger partial charge in [-0.2, -0.15) is 0 Å². The fourth-order valence-electron chi connectivity index (χ4n) is 2.99. The third-order valence-electron chi connectivity index (χ3n) is 4.33. The topological polar surface area (TPSA) is 78.5 Å². The van der Waals surface area contributed by atoms with Gasteiger partial charge in [-0.05, 0) is 50.1 Å². The first-order valence-electron chi connectivity index (χ1n) is 8.68. The molecule has 0 spiro atoms. The number of nitrogens with zero attached hydrogens (tertiary/aromatic N) is 1. The van der Waals surface area contributed by atoms with Crippen LogP contribution in [0.2, 0.25) is 5.02 Å². The van der Waals surface area contributed by atoms with Crippen molar-refractivity contribution in [3.8, 4) is 0 Å². The predicted molar refractivity (Wildman–Crippen MR) is 104 cm³/mol. The van der Waals surface area contributed by atoms with E-state index in [1.165, 1.54) is 11.0 Å². The van der Waals surface area contributed by atoms with E-state index in [9.17, 15) is 14.4 Å². The molecule has 27 heavy (non-hydrogen) atoms. The summed E-state index contributed by atoms with van der Waals surface area (Å²) in [5, 5.41) is 6.10. The van der Waals surface area contributed by atoms with Crippen molar-refractivity contribution in [3.63, 3.8) is 0 Å². The Hall–Kier alpha value is -2.86. The Morgan fingerprint density at radius 1 is 1.07 bits per heavy atom. The zero-order chi connectivity index (χ0) is 19.6. The predicted octanol–water partition coefficient (Wildman–Crippen LogP) is 3.71. The number of fused-ring (bicyclic) bond motifs is 1. The summed E-state index contributed by atoms with van der Waals surface area (Å²) in [6.07, 6.45) is 0.605. The first-order valence-corrected chi connectivity index (χ1v) is 9.06. The standard InChI is InChI=1S/C20H20ClN3O3/c1-12(2)24-18(25)15-8-7-14(11-16(15)19(24)26)23-20(27)22-10-9-13-5-3-4-6-17(13)21/h3-8,11-12H,9-10H2,1-2H3,(H2,22,23,27). The van der Waals surface area contributed by atoms with Crippen LogP contribution in [0.5, 0.6) is 0 Å². The maximum atomic E-state index is 12.4. The third-order valence-corrected chi connectivity index (χ3v) is 4.70. The Morgan fingerprint density at radius 2 is 1.78 bits per heavy atom. The monoisotopic (exact) mass is 385 g/mol. The van der Waals surface area contributed by atoms with Gasteiger partial charge >= 0.3 is 6.03 Å². The molecule has 3 rings (SSSR count). The zero-order valence-electron chi connectivity index (χ0n) is 15.1. The van der Waals surface area contributed by atoms with Gasteiger partial charge in [-0.3, -0.25) is 14.5 Å². The van der Waals surface area contributed by atoms with E-state index >= 15 is 0 Å². The second-order valence-electron chi connectivity index (χ2n) is 6.56. The number of anilines is 1. The van der Waals surface area contributed by atoms with E-state index in [-0.39, 0.29) is 23.9 Å². The number of carbonyl (C=O) groups is 3. The molecule has 0 aliphatic carbocycles. The number of hydrogen-bond donors (Lipinski definition) is 2. The van der Waals surface area contributed by atoms with Crippen LogP contribution in [0.15, 0.2) is 42.5 Å². The van der Waals surface area contributed by atoms with Crippen LogP contribution in [0.1, 0.15) is 40.1 Å². The van der Waals surface area contributed by atoms with Crippen molar-refractivity contribution in [3.05, 3.63) is 64.2 Å². The molecule has 1 aliphatic rings. The van der Waals surface area contributed by atoms with E-state index in [1.54, 1.807) is 32.0 Å². The highest BCUT2D eigenvalue weighted by Gasteiger charge is 2.37. The molecule has 1 heterocycles. The second-order valence-corrected chi connectivity index (χ2v) is 6.96. The van der Waals surface area contributed by atoms with Crippen LogP contribution < -0.4 is 10.6 Å². The van der Waals surface area contributed by atoms with E-state index < -0.39 is 0 Å². The Morgan fingerprint density at radius 3 is 2.48 bits per heavy atom. The molecule has 0 bridgehead atoms. The van der Waals surface area contributed by atoms with Crippen LogP contribution in [-0.4, -0.2) is 35.3 Å². The minimum absolute atomic E-state index is 0.220. The summed E-state index contributed by atoms with van der Waals surface area (Å²) in [5.41, 5.74) is 2.08. The summed E-state index contributed by atoms with van der Waals surface area (Å²) < 4.78 is 0. The smallest absolute Gasteiger partial charge is 0.319 e. The van der Waals surface area contributed by atoms with Crippen molar-refractivity contribution < 1.29 is 14.4 Å². The quantitative estimate of drug-likeness (QED) is 0.770. The van der Waals surface area contributed by atoms with Gasteiger partial charge in [-0.25, -0.2) is 4.79 Å². The summed E-state index contributed by atoms with van der Waals surface area (Å²) in [5.74, 6) is -0.645. The number of imide groups is 1. The van der Waals surface area contributed by atoms with Crippen molar-refractivity contribution in [2.75, 3.05) is 11.9 Å². The Balaban J connectivity index is 1.61. The molecule has 0 fully saturated rings. The summed E-state index contributed by atoms with van der Waals surface area (Å²) in [6.45, 7) is 3.99. The number of carbonyl (C=O) groups excluding carboxylic acids is 3. The van der Waals surface area contributed by atoms with Gasteiger partial charge in [0.1, 0.15) is 0 Å². The number of amides is 4. The van der Waals surface area contributed by atoms with Gasteiger partial charge in [-0.1, -0.05) is 29.8 Å². The number of nitrogens with one attached hydrogen (secondary N) is 2. The third kappa shape index (κ3) is 3.95. The van der Waals surface area contributed by atoms with Gasteiger partial charge in [-0.15, -0.1) is 0 Å². The van der Waals surface area contributed by atoms with Gasteiger partial charge in [0.2, 0.25) is 0 Å². The Labute approximate surface area is 162 Å². The van der Waals surface area contributed by atoms with Crippen molar-refractivity contribution in [2.45, 2.75) is 26.3 Å². The van der Waals surface area contributed by atoms with Gasteiger partial charge in [0.15, 0.2) is 0 Å². The van der Waals surface area contributed by atoms with Gasteiger partial charge in [0, 0.05) is 23.3 Å². The SMILES string of the molecule is CC(C)N1C(=O)c2ccc(NC(=O)NCCc3ccccc3Cl)cc2C1=O. The molecule has 0 saturated carbocycles. The minimum atomic E-state index is -0.389. The average molecular weight is 386 g/mol. The maximum absolute atomic E-state index is 12.4. The normalized spacial score (nSPS) is 13.1. The molecule has 2 aromatic rings. The van der Waals surface area contributed by atoms with Crippen molar-refractivity contribution in [1.29, 1.82) is 0 Å². The highest BCUT2D eigenvalue weighted by atomic mass is 35.5. The van der Waals surface area contributed by atoms with Crippen LogP contribution in [0.3, 0.4) is 0 Å². The minimum Gasteiger partial charge on any atom is -0.338 e. The second kappa shape index (κ2) is 7.80. The highest BCUT2D eigenvalue weighted by Crippen LogP contribution is 2.27. The molecule has 0 radical (unpaired) electrons. The van der Waals surface area contributed by atoms with Crippen molar-refractivity contribution in [2.24, 2.45) is 0 Å². The lowest BCUT2D eigenvalue weighted by Crippen LogP contribution is -2.35.